The van der Waals surface area contributed by atoms with E-state index in [0.717, 1.165) is 11.1 Å². The van der Waals surface area contributed by atoms with Gasteiger partial charge in [0.2, 0.25) is 0 Å². The fourth-order valence-corrected chi connectivity index (χ4v) is 1.61. The van der Waals surface area contributed by atoms with E-state index >= 15 is 0 Å². The minimum Gasteiger partial charge on any atom is -0.397 e. The molecule has 4 nitrogen and oxygen atoms in total. The molecule has 0 amide bonds. The van der Waals surface area contributed by atoms with Crippen molar-refractivity contribution in [1.82, 2.24) is 9.97 Å². The Morgan fingerprint density at radius 3 is 2.76 bits per heavy atom. The molecule has 0 aliphatic rings. The van der Waals surface area contributed by atoms with Gasteiger partial charge in [0.1, 0.15) is 0 Å². The molecule has 5 heteroatoms. The van der Waals surface area contributed by atoms with Crippen LogP contribution in [0.3, 0.4) is 0 Å². The van der Waals surface area contributed by atoms with Gasteiger partial charge < -0.3 is 11.5 Å². The molecule has 0 saturated heterocycles. The zero-order valence-electron chi connectivity index (χ0n) is 9.44. The van der Waals surface area contributed by atoms with Crippen molar-refractivity contribution in [3.63, 3.8) is 0 Å². The van der Waals surface area contributed by atoms with Crippen LogP contribution in [0.2, 0.25) is 0 Å². The maximum atomic E-state index is 13.7. The van der Waals surface area contributed by atoms with Crippen LogP contribution in [0.1, 0.15) is 16.7 Å². The van der Waals surface area contributed by atoms with E-state index in [1.54, 1.807) is 18.5 Å². The van der Waals surface area contributed by atoms with E-state index in [1.165, 1.54) is 6.20 Å². The first kappa shape index (κ1) is 11.3. The first-order chi connectivity index (χ1) is 8.09. The van der Waals surface area contributed by atoms with E-state index in [9.17, 15) is 4.39 Å². The van der Waals surface area contributed by atoms with Crippen molar-refractivity contribution in [2.24, 2.45) is 0 Å². The third-order valence-corrected chi connectivity index (χ3v) is 2.74. The molecule has 4 N–H and O–H groups in total. The lowest BCUT2D eigenvalue weighted by molar-refractivity contribution is 0.613. The van der Waals surface area contributed by atoms with E-state index in [-0.39, 0.29) is 5.82 Å². The number of pyridine rings is 2. The molecule has 2 aromatic rings. The Bertz CT molecular complexity index is 505. The minimum atomic E-state index is -0.477. The lowest BCUT2D eigenvalue weighted by Crippen LogP contribution is -2.03. The molecule has 0 fully saturated rings. The first-order valence-electron chi connectivity index (χ1n) is 5.17. The fraction of sp³-hybridized carbons (Fsp3) is 0.167. The smallest absolute Gasteiger partial charge is 0.168 e. The molecule has 0 bridgehead atoms. The Hall–Kier alpha value is -2.17. The first-order valence-corrected chi connectivity index (χ1v) is 5.17. The van der Waals surface area contributed by atoms with Gasteiger partial charge in [0.25, 0.3) is 0 Å². The van der Waals surface area contributed by atoms with Crippen LogP contribution < -0.4 is 11.5 Å². The average molecular weight is 232 g/mol. The van der Waals surface area contributed by atoms with Crippen LogP contribution in [-0.4, -0.2) is 9.97 Å². The standard InChI is InChI=1S/C12H13FN4/c1-7-9(5-16-6-10(7)14)4-8-2-3-17-12(15)11(8)13/h2-3,5-6H,4,14H2,1H3,(H2,15,17). The Morgan fingerprint density at radius 2 is 2.00 bits per heavy atom. The second-order valence-electron chi connectivity index (χ2n) is 3.86. The van der Waals surface area contributed by atoms with Gasteiger partial charge in [-0.2, -0.15) is 0 Å². The summed E-state index contributed by atoms with van der Waals surface area (Å²) in [6, 6.07) is 1.61. The quantitative estimate of drug-likeness (QED) is 0.825. The molecule has 0 unspecified atom stereocenters. The van der Waals surface area contributed by atoms with E-state index in [2.05, 4.69) is 9.97 Å². The Labute approximate surface area is 98.5 Å². The third kappa shape index (κ3) is 2.18. The molecule has 0 radical (unpaired) electrons. The number of nitrogens with two attached hydrogens (primary N) is 2. The second kappa shape index (κ2) is 4.37. The number of rotatable bonds is 2. The number of aromatic nitrogens is 2. The van der Waals surface area contributed by atoms with Crippen LogP contribution in [0.5, 0.6) is 0 Å². The van der Waals surface area contributed by atoms with Crippen LogP contribution in [-0.2, 0) is 6.42 Å². The monoisotopic (exact) mass is 232 g/mol. The summed E-state index contributed by atoms with van der Waals surface area (Å²) in [5.41, 5.74) is 14.1. The van der Waals surface area contributed by atoms with Gasteiger partial charge in [-0.1, -0.05) is 0 Å². The van der Waals surface area contributed by atoms with Gasteiger partial charge in [0, 0.05) is 18.8 Å². The van der Waals surface area contributed by atoms with Crippen LogP contribution in [0.15, 0.2) is 24.7 Å². The van der Waals surface area contributed by atoms with E-state index in [1.807, 2.05) is 6.92 Å². The lowest BCUT2D eigenvalue weighted by atomic mass is 10.0. The molecule has 0 spiro atoms. The zero-order chi connectivity index (χ0) is 12.4. The number of hydrogen-bond acceptors (Lipinski definition) is 4. The van der Waals surface area contributed by atoms with Crippen molar-refractivity contribution in [1.29, 1.82) is 0 Å². The summed E-state index contributed by atoms with van der Waals surface area (Å²) in [4.78, 5) is 7.68. The summed E-state index contributed by atoms with van der Waals surface area (Å²) in [7, 11) is 0. The van der Waals surface area contributed by atoms with Crippen LogP contribution in [0.25, 0.3) is 0 Å². The molecular weight excluding hydrogens is 219 g/mol. The summed E-state index contributed by atoms with van der Waals surface area (Å²) in [5.74, 6) is -0.564. The van der Waals surface area contributed by atoms with Crippen LogP contribution >= 0.6 is 0 Å². The highest BCUT2D eigenvalue weighted by molar-refractivity contribution is 5.49. The van der Waals surface area contributed by atoms with Crippen molar-refractivity contribution >= 4 is 11.5 Å². The minimum absolute atomic E-state index is 0.0861. The van der Waals surface area contributed by atoms with Crippen molar-refractivity contribution in [2.75, 3.05) is 11.5 Å². The topological polar surface area (TPSA) is 77.8 Å². The van der Waals surface area contributed by atoms with E-state index in [0.29, 0.717) is 17.7 Å². The van der Waals surface area contributed by atoms with Crippen molar-refractivity contribution in [3.8, 4) is 0 Å². The molecular formula is C12H13FN4. The summed E-state index contributed by atoms with van der Waals surface area (Å²) >= 11 is 0. The predicted octanol–water partition coefficient (Wildman–Crippen LogP) is 1.68. The van der Waals surface area contributed by atoms with Gasteiger partial charge in [-0.15, -0.1) is 0 Å². The number of halogens is 1. The van der Waals surface area contributed by atoms with Crippen molar-refractivity contribution < 1.29 is 4.39 Å². The lowest BCUT2D eigenvalue weighted by Gasteiger charge is -2.08. The highest BCUT2D eigenvalue weighted by Gasteiger charge is 2.09. The Balaban J connectivity index is 2.38. The molecule has 0 atom stereocenters. The number of nitrogen functional groups attached to an aromatic ring is 2. The van der Waals surface area contributed by atoms with Crippen molar-refractivity contribution in [3.05, 3.63) is 47.2 Å². The molecule has 2 aromatic heterocycles. The zero-order valence-corrected chi connectivity index (χ0v) is 9.44. The van der Waals surface area contributed by atoms with Gasteiger partial charge in [-0.3, -0.25) is 4.98 Å². The molecule has 17 heavy (non-hydrogen) atoms. The highest BCUT2D eigenvalue weighted by Crippen LogP contribution is 2.20. The molecule has 0 aliphatic heterocycles. The number of anilines is 2. The van der Waals surface area contributed by atoms with E-state index < -0.39 is 5.82 Å². The Kier molecular flexibility index (Phi) is 2.91. The maximum Gasteiger partial charge on any atom is 0.168 e. The van der Waals surface area contributed by atoms with Crippen LogP contribution in [0.4, 0.5) is 15.9 Å². The van der Waals surface area contributed by atoms with Crippen LogP contribution in [0, 0.1) is 12.7 Å². The van der Waals surface area contributed by atoms with E-state index in [4.69, 9.17) is 11.5 Å². The summed E-state index contributed by atoms with van der Waals surface area (Å²) < 4.78 is 13.7. The molecule has 0 saturated carbocycles. The summed E-state index contributed by atoms with van der Waals surface area (Å²) in [6.45, 7) is 1.88. The maximum absolute atomic E-state index is 13.7. The second-order valence-corrected chi connectivity index (χ2v) is 3.86. The van der Waals surface area contributed by atoms with Gasteiger partial charge in [0.05, 0.1) is 11.9 Å². The largest absolute Gasteiger partial charge is 0.397 e. The van der Waals surface area contributed by atoms with Gasteiger partial charge in [0.15, 0.2) is 11.6 Å². The van der Waals surface area contributed by atoms with Gasteiger partial charge in [-0.25, -0.2) is 9.37 Å². The molecule has 2 heterocycles. The average Bonchev–Trinajstić information content (AvgIpc) is 2.31. The number of nitrogens with zero attached hydrogens (tertiary/aromatic N) is 2. The molecule has 2 rings (SSSR count). The third-order valence-electron chi connectivity index (χ3n) is 2.74. The normalized spacial score (nSPS) is 10.5. The van der Waals surface area contributed by atoms with Gasteiger partial charge in [-0.05, 0) is 29.7 Å². The summed E-state index contributed by atoms with van der Waals surface area (Å²) in [5, 5.41) is 0. The SMILES string of the molecule is Cc1c(N)cncc1Cc1ccnc(N)c1F. The number of hydrogen-bond donors (Lipinski definition) is 2. The molecule has 0 aliphatic carbocycles. The highest BCUT2D eigenvalue weighted by atomic mass is 19.1. The fourth-order valence-electron chi connectivity index (χ4n) is 1.61. The molecule has 0 aromatic carbocycles. The Morgan fingerprint density at radius 1 is 1.24 bits per heavy atom. The predicted molar refractivity (Wildman–Crippen MR) is 64.8 cm³/mol. The van der Waals surface area contributed by atoms with Crippen molar-refractivity contribution in [2.45, 2.75) is 13.3 Å². The van der Waals surface area contributed by atoms with Gasteiger partial charge >= 0.3 is 0 Å². The molecule has 88 valence electrons. The summed E-state index contributed by atoms with van der Waals surface area (Å²) in [6.07, 6.45) is 5.16.